The SMILES string of the molecule is C=C1C=C(c2ccccc2)C(CC2CCN(C3CCOCC3)CC2)=C(C(=O)NC(CC)c2ccccc2)c2cccc(F)c21. The first-order valence-corrected chi connectivity index (χ1v) is 16.2. The third-order valence-electron chi connectivity index (χ3n) is 9.63. The molecule has 3 aromatic carbocycles. The van der Waals surface area contributed by atoms with E-state index in [1.54, 1.807) is 6.07 Å². The third-order valence-corrected chi connectivity index (χ3v) is 9.63. The van der Waals surface area contributed by atoms with E-state index in [1.807, 2.05) is 60.7 Å². The van der Waals surface area contributed by atoms with Gasteiger partial charge in [-0.15, -0.1) is 0 Å². The van der Waals surface area contributed by atoms with E-state index in [0.29, 0.717) is 34.2 Å². The molecular formula is C39H43FN2O2. The van der Waals surface area contributed by atoms with Crippen molar-refractivity contribution >= 4 is 22.6 Å². The van der Waals surface area contributed by atoms with Gasteiger partial charge in [-0.2, -0.15) is 0 Å². The molecule has 2 aliphatic heterocycles. The predicted octanol–water partition coefficient (Wildman–Crippen LogP) is 8.24. The van der Waals surface area contributed by atoms with E-state index in [0.717, 1.165) is 87.1 Å². The van der Waals surface area contributed by atoms with Gasteiger partial charge < -0.3 is 15.0 Å². The van der Waals surface area contributed by atoms with Crippen LogP contribution in [0, 0.1) is 11.7 Å². The zero-order valence-corrected chi connectivity index (χ0v) is 25.7. The fourth-order valence-corrected chi connectivity index (χ4v) is 7.23. The van der Waals surface area contributed by atoms with Gasteiger partial charge in [-0.3, -0.25) is 4.79 Å². The summed E-state index contributed by atoms with van der Waals surface area (Å²) in [5, 5.41) is 3.35. The van der Waals surface area contributed by atoms with E-state index in [4.69, 9.17) is 4.74 Å². The first kappa shape index (κ1) is 30.2. The Morgan fingerprint density at radius 1 is 0.955 bits per heavy atom. The minimum atomic E-state index is -0.359. The van der Waals surface area contributed by atoms with Crippen molar-refractivity contribution < 1.29 is 13.9 Å². The molecule has 0 spiro atoms. The standard InChI is InChI=1S/C39H43FN2O2/c1-3-36(30-13-8-5-9-14-30)41-39(43)38-32-15-10-16-35(40)37(32)27(2)25-33(29-11-6-4-7-12-29)34(38)26-28-17-21-42(22-18-28)31-19-23-44-24-20-31/h4-16,25,28,31,36H,2-3,17-24,26H2,1H3,(H,41,43). The molecule has 0 bridgehead atoms. The topological polar surface area (TPSA) is 41.6 Å². The highest BCUT2D eigenvalue weighted by molar-refractivity contribution is 6.25. The molecule has 5 heteroatoms. The molecule has 0 aromatic heterocycles. The number of hydrogen-bond acceptors (Lipinski definition) is 3. The minimum Gasteiger partial charge on any atom is -0.381 e. The molecule has 228 valence electrons. The van der Waals surface area contributed by atoms with Crippen molar-refractivity contribution in [2.24, 2.45) is 5.92 Å². The lowest BCUT2D eigenvalue weighted by atomic mass is 9.81. The highest BCUT2D eigenvalue weighted by Crippen LogP contribution is 2.44. The van der Waals surface area contributed by atoms with Crippen LogP contribution in [-0.4, -0.2) is 43.2 Å². The number of amides is 1. The van der Waals surface area contributed by atoms with Crippen LogP contribution in [0.4, 0.5) is 4.39 Å². The summed E-state index contributed by atoms with van der Waals surface area (Å²) in [5.41, 5.74) is 6.17. The largest absolute Gasteiger partial charge is 0.381 e. The van der Waals surface area contributed by atoms with Gasteiger partial charge in [-0.1, -0.05) is 86.3 Å². The number of rotatable bonds is 8. The average molecular weight is 591 g/mol. The van der Waals surface area contributed by atoms with Crippen molar-refractivity contribution in [1.82, 2.24) is 10.2 Å². The number of carbonyl (C=O) groups is 1. The molecule has 4 nitrogen and oxygen atoms in total. The number of benzene rings is 3. The van der Waals surface area contributed by atoms with Crippen molar-refractivity contribution in [1.29, 1.82) is 0 Å². The summed E-state index contributed by atoms with van der Waals surface area (Å²) in [7, 11) is 0. The summed E-state index contributed by atoms with van der Waals surface area (Å²) in [6.07, 6.45) is 7.83. The predicted molar refractivity (Wildman–Crippen MR) is 177 cm³/mol. The van der Waals surface area contributed by atoms with Gasteiger partial charge >= 0.3 is 0 Å². The number of piperidine rings is 1. The number of hydrogen-bond donors (Lipinski definition) is 1. The second-order valence-corrected chi connectivity index (χ2v) is 12.3. The second kappa shape index (κ2) is 13.9. The highest BCUT2D eigenvalue weighted by Gasteiger charge is 2.32. The molecule has 0 saturated carbocycles. The molecule has 3 aliphatic rings. The van der Waals surface area contributed by atoms with Crippen LogP contribution >= 0.6 is 0 Å². The minimum absolute atomic E-state index is 0.159. The summed E-state index contributed by atoms with van der Waals surface area (Å²) in [5.74, 6) is -0.114. The van der Waals surface area contributed by atoms with Gasteiger partial charge in [-0.25, -0.2) is 4.39 Å². The van der Waals surface area contributed by atoms with Crippen LogP contribution in [-0.2, 0) is 9.53 Å². The van der Waals surface area contributed by atoms with Crippen molar-refractivity contribution in [3.63, 3.8) is 0 Å². The Balaban J connectivity index is 1.42. The third kappa shape index (κ3) is 6.50. The smallest absolute Gasteiger partial charge is 0.252 e. The zero-order chi connectivity index (χ0) is 30.5. The molecule has 1 unspecified atom stereocenters. The van der Waals surface area contributed by atoms with Gasteiger partial charge in [0.2, 0.25) is 0 Å². The summed E-state index contributed by atoms with van der Waals surface area (Å²) in [6.45, 7) is 10.2. The summed E-state index contributed by atoms with van der Waals surface area (Å²) >= 11 is 0. The highest BCUT2D eigenvalue weighted by atomic mass is 19.1. The number of nitrogens with one attached hydrogen (secondary N) is 1. The van der Waals surface area contributed by atoms with Gasteiger partial charge in [0.1, 0.15) is 5.82 Å². The Bertz CT molecular complexity index is 1530. The Morgan fingerprint density at radius 2 is 1.64 bits per heavy atom. The maximum absolute atomic E-state index is 15.6. The molecule has 6 rings (SSSR count). The number of carbonyl (C=O) groups excluding carboxylic acids is 1. The van der Waals surface area contributed by atoms with Crippen molar-refractivity contribution in [2.75, 3.05) is 26.3 Å². The summed E-state index contributed by atoms with van der Waals surface area (Å²) in [6, 6.07) is 25.8. The Kier molecular flexibility index (Phi) is 9.54. The molecule has 2 fully saturated rings. The molecule has 1 atom stereocenters. The van der Waals surface area contributed by atoms with Crippen molar-refractivity contribution in [2.45, 2.75) is 57.5 Å². The van der Waals surface area contributed by atoms with Crippen LogP contribution in [0.1, 0.15) is 73.7 Å². The number of likely N-dealkylation sites (tertiary alicyclic amines) is 1. The molecule has 3 aromatic rings. The molecular weight excluding hydrogens is 547 g/mol. The number of ether oxygens (including phenoxy) is 1. The van der Waals surface area contributed by atoms with Crippen LogP contribution < -0.4 is 5.32 Å². The maximum atomic E-state index is 15.6. The van der Waals surface area contributed by atoms with E-state index >= 15 is 4.39 Å². The van der Waals surface area contributed by atoms with Crippen LogP contribution in [0.15, 0.2) is 97.1 Å². The molecule has 1 aliphatic carbocycles. The van der Waals surface area contributed by atoms with Crippen LogP contribution in [0.25, 0.3) is 16.7 Å². The van der Waals surface area contributed by atoms with E-state index in [1.165, 1.54) is 6.07 Å². The van der Waals surface area contributed by atoms with Gasteiger partial charge in [0.15, 0.2) is 0 Å². The lowest BCUT2D eigenvalue weighted by molar-refractivity contribution is -0.116. The Labute approximate surface area is 261 Å². The monoisotopic (exact) mass is 590 g/mol. The first-order chi connectivity index (χ1) is 21.5. The summed E-state index contributed by atoms with van der Waals surface area (Å²) in [4.78, 5) is 17.2. The molecule has 0 radical (unpaired) electrons. The molecule has 44 heavy (non-hydrogen) atoms. The average Bonchev–Trinajstić information content (AvgIpc) is 3.19. The Hall–Kier alpha value is -3.80. The molecule has 2 heterocycles. The maximum Gasteiger partial charge on any atom is 0.252 e. The van der Waals surface area contributed by atoms with Crippen LogP contribution in [0.3, 0.4) is 0 Å². The lowest BCUT2D eigenvalue weighted by Gasteiger charge is -2.39. The zero-order valence-electron chi connectivity index (χ0n) is 25.7. The van der Waals surface area contributed by atoms with E-state index < -0.39 is 0 Å². The fraction of sp³-hybridized carbons (Fsp3) is 0.359. The van der Waals surface area contributed by atoms with E-state index in [-0.39, 0.29) is 17.8 Å². The molecule has 2 saturated heterocycles. The normalized spacial score (nSPS) is 19.2. The fourth-order valence-electron chi connectivity index (χ4n) is 7.23. The lowest BCUT2D eigenvalue weighted by Crippen LogP contribution is -2.44. The van der Waals surface area contributed by atoms with Crippen molar-refractivity contribution in [3.05, 3.63) is 125 Å². The number of nitrogens with zero attached hydrogens (tertiary/aromatic N) is 1. The number of allylic oxidation sites excluding steroid dienone is 4. The van der Waals surface area contributed by atoms with Crippen LogP contribution in [0.2, 0.25) is 0 Å². The van der Waals surface area contributed by atoms with Crippen LogP contribution in [0.5, 0.6) is 0 Å². The Morgan fingerprint density at radius 3 is 2.32 bits per heavy atom. The van der Waals surface area contributed by atoms with Gasteiger partial charge in [-0.05, 0) is 103 Å². The van der Waals surface area contributed by atoms with E-state index in [9.17, 15) is 4.79 Å². The second-order valence-electron chi connectivity index (χ2n) is 12.3. The van der Waals surface area contributed by atoms with Crippen molar-refractivity contribution in [3.8, 4) is 0 Å². The first-order valence-electron chi connectivity index (χ1n) is 16.2. The van der Waals surface area contributed by atoms with Gasteiger partial charge in [0.25, 0.3) is 5.91 Å². The molecule has 1 N–H and O–H groups in total. The number of fused-ring (bicyclic) bond motifs is 1. The van der Waals surface area contributed by atoms with Gasteiger partial charge in [0.05, 0.1) is 11.6 Å². The van der Waals surface area contributed by atoms with E-state index in [2.05, 4.69) is 35.9 Å². The number of halogens is 1. The summed E-state index contributed by atoms with van der Waals surface area (Å²) < 4.78 is 21.2. The van der Waals surface area contributed by atoms with Gasteiger partial charge in [0, 0.05) is 24.8 Å². The molecule has 1 amide bonds. The quantitative estimate of drug-likeness (QED) is 0.287.